The van der Waals surface area contributed by atoms with E-state index in [0.717, 1.165) is 33.9 Å². The van der Waals surface area contributed by atoms with Gasteiger partial charge in [-0.3, -0.25) is 4.98 Å². The van der Waals surface area contributed by atoms with Gasteiger partial charge in [-0.15, -0.1) is 0 Å². The van der Waals surface area contributed by atoms with Crippen LogP contribution in [-0.2, 0) is 5.41 Å². The van der Waals surface area contributed by atoms with Crippen LogP contribution in [0.1, 0.15) is 25.0 Å². The lowest BCUT2D eigenvalue weighted by Gasteiger charge is -2.26. The van der Waals surface area contributed by atoms with E-state index in [9.17, 15) is 0 Å². The van der Waals surface area contributed by atoms with Gasteiger partial charge in [-0.05, 0) is 117 Å². The van der Waals surface area contributed by atoms with Gasteiger partial charge in [0.15, 0.2) is 0 Å². The maximum atomic E-state index is 4.35. The van der Waals surface area contributed by atoms with Crippen molar-refractivity contribution in [3.63, 3.8) is 0 Å². The second kappa shape index (κ2) is 12.2. The Morgan fingerprint density at radius 1 is 0.453 bits per heavy atom. The number of hydrogen-bond donors (Lipinski definition) is 0. The van der Waals surface area contributed by atoms with Crippen LogP contribution < -0.4 is 4.90 Å². The lowest BCUT2D eigenvalue weighted by molar-refractivity contribution is 0.660. The summed E-state index contributed by atoms with van der Waals surface area (Å²) in [6, 6.07) is 64.0. The van der Waals surface area contributed by atoms with Crippen LogP contribution >= 0.6 is 0 Å². The van der Waals surface area contributed by atoms with Crippen molar-refractivity contribution in [2.75, 3.05) is 4.90 Å². The minimum Gasteiger partial charge on any atom is -0.310 e. The zero-order valence-electron chi connectivity index (χ0n) is 29.7. The smallest absolute Gasteiger partial charge is 0.0542 e. The monoisotopic (exact) mass is 679 g/mol. The molecule has 0 amide bonds. The number of nitrogens with zero attached hydrogens (tertiary/aromatic N) is 3. The van der Waals surface area contributed by atoms with Crippen LogP contribution in [0.5, 0.6) is 0 Å². The number of pyridine rings is 1. The molecule has 252 valence electrons. The van der Waals surface area contributed by atoms with Crippen molar-refractivity contribution in [2.45, 2.75) is 19.3 Å². The molecule has 0 bridgehead atoms. The van der Waals surface area contributed by atoms with E-state index in [-0.39, 0.29) is 5.41 Å². The van der Waals surface area contributed by atoms with Crippen LogP contribution in [0.25, 0.3) is 60.9 Å². The van der Waals surface area contributed by atoms with Gasteiger partial charge in [-0.25, -0.2) is 0 Å². The standard InChI is InChI=1S/C50H37N3/c1-50(2)46-16-8-6-14-42(46)43-28-22-36(31-47(43)50)34-18-23-39(24-19-34)52(40-25-20-35(21-26-40)37-11-10-30-51-33-37)41-27-29-49-45(32-41)44-15-7-9-17-48(44)53(49)38-12-4-3-5-13-38/h3-33H,1-2H3. The Hall–Kier alpha value is -6.71. The highest BCUT2D eigenvalue weighted by molar-refractivity contribution is 6.10. The summed E-state index contributed by atoms with van der Waals surface area (Å²) < 4.78 is 2.37. The summed E-state index contributed by atoms with van der Waals surface area (Å²) >= 11 is 0. The first kappa shape index (κ1) is 31.1. The Kier molecular flexibility index (Phi) is 7.16. The highest BCUT2D eigenvalue weighted by atomic mass is 15.1. The Morgan fingerprint density at radius 3 is 1.83 bits per heavy atom. The van der Waals surface area contributed by atoms with E-state index in [1.165, 1.54) is 55.2 Å². The SMILES string of the molecule is CC1(C)c2ccccc2-c2ccc(-c3ccc(N(c4ccc(-c5cccnc5)cc4)c4ccc5c(c4)c4ccccc4n5-c4ccccc4)cc3)cc21. The number of benzene rings is 7. The van der Waals surface area contributed by atoms with E-state index in [4.69, 9.17) is 0 Å². The van der Waals surface area contributed by atoms with Crippen molar-refractivity contribution in [2.24, 2.45) is 0 Å². The normalized spacial score (nSPS) is 12.9. The molecular weight excluding hydrogens is 643 g/mol. The van der Waals surface area contributed by atoms with Crippen LogP contribution in [0.15, 0.2) is 188 Å². The maximum absolute atomic E-state index is 4.35. The van der Waals surface area contributed by atoms with E-state index >= 15 is 0 Å². The molecule has 0 atom stereocenters. The molecule has 53 heavy (non-hydrogen) atoms. The number of anilines is 3. The molecule has 7 aromatic carbocycles. The maximum Gasteiger partial charge on any atom is 0.0542 e. The Balaban J connectivity index is 1.09. The van der Waals surface area contributed by atoms with Gasteiger partial charge in [-0.2, -0.15) is 0 Å². The predicted octanol–water partition coefficient (Wildman–Crippen LogP) is 13.3. The van der Waals surface area contributed by atoms with E-state index in [2.05, 4.69) is 198 Å². The van der Waals surface area contributed by atoms with Crippen LogP contribution in [0.2, 0.25) is 0 Å². The molecule has 1 aliphatic carbocycles. The molecule has 1 aliphatic rings. The van der Waals surface area contributed by atoms with Gasteiger partial charge >= 0.3 is 0 Å². The van der Waals surface area contributed by atoms with E-state index < -0.39 is 0 Å². The molecule has 3 nitrogen and oxygen atoms in total. The van der Waals surface area contributed by atoms with E-state index in [0.29, 0.717) is 0 Å². The Labute approximate surface area is 310 Å². The van der Waals surface area contributed by atoms with Gasteiger partial charge in [0.25, 0.3) is 0 Å². The molecule has 0 unspecified atom stereocenters. The van der Waals surface area contributed by atoms with Crippen LogP contribution in [0.4, 0.5) is 17.1 Å². The van der Waals surface area contributed by atoms with Crippen molar-refractivity contribution < 1.29 is 0 Å². The van der Waals surface area contributed by atoms with Gasteiger partial charge in [0.2, 0.25) is 0 Å². The third-order valence-electron chi connectivity index (χ3n) is 11.1. The van der Waals surface area contributed by atoms with Crippen molar-refractivity contribution >= 4 is 38.9 Å². The zero-order chi connectivity index (χ0) is 35.5. The number of rotatable bonds is 6. The Bertz CT molecular complexity index is 2780. The molecule has 10 rings (SSSR count). The summed E-state index contributed by atoms with van der Waals surface area (Å²) in [5, 5.41) is 2.45. The van der Waals surface area contributed by atoms with Crippen LogP contribution in [0, 0.1) is 0 Å². The minimum atomic E-state index is -0.0388. The molecule has 0 saturated heterocycles. The molecule has 0 saturated carbocycles. The van der Waals surface area contributed by atoms with Crippen molar-refractivity contribution in [1.29, 1.82) is 0 Å². The largest absolute Gasteiger partial charge is 0.310 e. The molecule has 9 aromatic rings. The molecular formula is C50H37N3. The van der Waals surface area contributed by atoms with Crippen molar-refractivity contribution in [3.8, 4) is 39.1 Å². The average Bonchev–Trinajstić information content (AvgIpc) is 3.67. The molecule has 0 aliphatic heterocycles. The average molecular weight is 680 g/mol. The number of hydrogen-bond acceptors (Lipinski definition) is 2. The van der Waals surface area contributed by atoms with Gasteiger partial charge in [0.1, 0.15) is 0 Å². The molecule has 0 fully saturated rings. The number of aromatic nitrogens is 2. The predicted molar refractivity (Wildman–Crippen MR) is 222 cm³/mol. The summed E-state index contributed by atoms with van der Waals surface area (Å²) in [6.07, 6.45) is 3.73. The fraction of sp³-hybridized carbons (Fsp3) is 0.0600. The second-order valence-corrected chi connectivity index (χ2v) is 14.5. The van der Waals surface area contributed by atoms with Gasteiger partial charge in [0, 0.05) is 51.3 Å². The molecule has 0 radical (unpaired) electrons. The highest BCUT2D eigenvalue weighted by Gasteiger charge is 2.35. The molecule has 0 N–H and O–H groups in total. The van der Waals surface area contributed by atoms with Gasteiger partial charge < -0.3 is 9.47 Å². The fourth-order valence-electron chi connectivity index (χ4n) is 8.43. The highest BCUT2D eigenvalue weighted by Crippen LogP contribution is 2.49. The molecule has 3 heteroatoms. The van der Waals surface area contributed by atoms with Crippen molar-refractivity contribution in [3.05, 3.63) is 199 Å². The van der Waals surface area contributed by atoms with E-state index in [1.807, 2.05) is 18.5 Å². The third kappa shape index (κ3) is 5.08. The summed E-state index contributed by atoms with van der Waals surface area (Å²) in [6.45, 7) is 4.69. The third-order valence-corrected chi connectivity index (χ3v) is 11.1. The lowest BCUT2D eigenvalue weighted by atomic mass is 9.81. The number of para-hydroxylation sites is 2. The topological polar surface area (TPSA) is 21.1 Å². The lowest BCUT2D eigenvalue weighted by Crippen LogP contribution is -2.14. The van der Waals surface area contributed by atoms with Crippen molar-refractivity contribution in [1.82, 2.24) is 9.55 Å². The Morgan fingerprint density at radius 2 is 1.08 bits per heavy atom. The summed E-state index contributed by atoms with van der Waals surface area (Å²) in [4.78, 5) is 6.72. The quantitative estimate of drug-likeness (QED) is 0.174. The molecule has 0 spiro atoms. The van der Waals surface area contributed by atoms with Gasteiger partial charge in [0.05, 0.1) is 11.0 Å². The first-order valence-electron chi connectivity index (χ1n) is 18.3. The van der Waals surface area contributed by atoms with Gasteiger partial charge in [-0.1, -0.05) is 117 Å². The van der Waals surface area contributed by atoms with Crippen LogP contribution in [0.3, 0.4) is 0 Å². The molecule has 2 aromatic heterocycles. The zero-order valence-corrected chi connectivity index (χ0v) is 29.7. The first-order chi connectivity index (χ1) is 26.0. The fourth-order valence-corrected chi connectivity index (χ4v) is 8.43. The summed E-state index contributed by atoms with van der Waals surface area (Å²) in [5.74, 6) is 0. The molecule has 2 heterocycles. The first-order valence-corrected chi connectivity index (χ1v) is 18.3. The summed E-state index contributed by atoms with van der Waals surface area (Å²) in [5.41, 5.74) is 17.0. The second-order valence-electron chi connectivity index (χ2n) is 14.5. The number of fused-ring (bicyclic) bond motifs is 6. The van der Waals surface area contributed by atoms with E-state index in [1.54, 1.807) is 0 Å². The summed E-state index contributed by atoms with van der Waals surface area (Å²) in [7, 11) is 0. The van der Waals surface area contributed by atoms with Crippen LogP contribution in [-0.4, -0.2) is 9.55 Å². The minimum absolute atomic E-state index is 0.0388.